The second-order valence-corrected chi connectivity index (χ2v) is 7.13. The molecule has 0 unspecified atom stereocenters. The Bertz CT molecular complexity index is 1090. The Labute approximate surface area is 162 Å². The third-order valence-corrected chi connectivity index (χ3v) is 3.60. The van der Waals surface area contributed by atoms with E-state index in [4.69, 9.17) is 9.15 Å². The first-order chi connectivity index (χ1) is 13.4. The maximum absolute atomic E-state index is 12.3. The smallest absolute Gasteiger partial charge is 0.459 e. The van der Waals surface area contributed by atoms with E-state index in [9.17, 15) is 22.8 Å². The van der Waals surface area contributed by atoms with Gasteiger partial charge < -0.3 is 13.9 Å². The molecular formula is C19H17F3N2O5. The van der Waals surface area contributed by atoms with Crippen LogP contribution < -0.4 is 10.5 Å². The summed E-state index contributed by atoms with van der Waals surface area (Å²) in [6.07, 6.45) is -4.78. The van der Waals surface area contributed by atoms with Crippen molar-refractivity contribution in [3.63, 3.8) is 0 Å². The predicted octanol–water partition coefficient (Wildman–Crippen LogP) is 3.90. The van der Waals surface area contributed by atoms with Crippen LogP contribution in [0.1, 0.15) is 20.8 Å². The van der Waals surface area contributed by atoms with Crippen LogP contribution in [0.5, 0.6) is 5.75 Å². The molecule has 3 aromatic rings. The Hall–Kier alpha value is -3.30. The molecule has 0 atom stereocenters. The van der Waals surface area contributed by atoms with E-state index in [-0.39, 0.29) is 17.0 Å². The van der Waals surface area contributed by atoms with Gasteiger partial charge in [0.2, 0.25) is 0 Å². The van der Waals surface area contributed by atoms with Crippen LogP contribution in [0.2, 0.25) is 0 Å². The number of hydrogen-bond donors (Lipinski definition) is 0. The fourth-order valence-electron chi connectivity index (χ4n) is 2.57. The van der Waals surface area contributed by atoms with Gasteiger partial charge in [0.15, 0.2) is 11.2 Å². The molecule has 10 heteroatoms. The van der Waals surface area contributed by atoms with Crippen molar-refractivity contribution in [3.8, 4) is 17.0 Å². The number of carbonyl (C=O) groups is 1. The molecule has 2 heterocycles. The van der Waals surface area contributed by atoms with Crippen LogP contribution in [0.25, 0.3) is 22.5 Å². The van der Waals surface area contributed by atoms with Crippen molar-refractivity contribution in [3.05, 3.63) is 46.9 Å². The fourth-order valence-corrected chi connectivity index (χ4v) is 2.57. The van der Waals surface area contributed by atoms with Crippen molar-refractivity contribution >= 4 is 17.2 Å². The number of alkyl halides is 3. The molecule has 0 saturated heterocycles. The highest BCUT2D eigenvalue weighted by Gasteiger charge is 2.31. The monoisotopic (exact) mass is 410 g/mol. The lowest BCUT2D eigenvalue weighted by Gasteiger charge is -2.19. The number of nitrogens with zero attached hydrogens (tertiary/aromatic N) is 2. The largest absolute Gasteiger partial charge is 0.573 e. The summed E-state index contributed by atoms with van der Waals surface area (Å²) in [6, 6.07) is 8.13. The first-order valence-corrected chi connectivity index (χ1v) is 8.50. The van der Waals surface area contributed by atoms with E-state index >= 15 is 0 Å². The van der Waals surface area contributed by atoms with Crippen LogP contribution >= 0.6 is 0 Å². The van der Waals surface area contributed by atoms with Crippen LogP contribution in [0.4, 0.5) is 13.2 Å². The summed E-state index contributed by atoms with van der Waals surface area (Å²) in [7, 11) is 0. The highest BCUT2D eigenvalue weighted by Crippen LogP contribution is 2.26. The number of ether oxygens (including phenoxy) is 2. The van der Waals surface area contributed by atoms with Crippen molar-refractivity contribution in [1.29, 1.82) is 0 Å². The normalized spacial score (nSPS) is 12.2. The molecule has 1 aromatic carbocycles. The van der Waals surface area contributed by atoms with Gasteiger partial charge in [0.25, 0.3) is 0 Å². The number of hydrogen-bond acceptors (Lipinski definition) is 6. The predicted molar refractivity (Wildman–Crippen MR) is 96.2 cm³/mol. The van der Waals surface area contributed by atoms with E-state index in [2.05, 4.69) is 9.72 Å². The zero-order valence-electron chi connectivity index (χ0n) is 15.7. The number of aromatic nitrogens is 2. The molecule has 0 saturated carbocycles. The minimum atomic E-state index is -4.78. The Morgan fingerprint density at radius 3 is 2.34 bits per heavy atom. The molecule has 0 radical (unpaired) electrons. The minimum absolute atomic E-state index is 0.119. The molecule has 154 valence electrons. The zero-order valence-corrected chi connectivity index (χ0v) is 15.7. The average molecular weight is 410 g/mol. The number of esters is 1. The van der Waals surface area contributed by atoms with Crippen molar-refractivity contribution < 1.29 is 31.9 Å². The first kappa shape index (κ1) is 20.4. The summed E-state index contributed by atoms with van der Waals surface area (Å²) >= 11 is 0. The molecule has 2 aromatic heterocycles. The lowest BCUT2D eigenvalue weighted by Crippen LogP contribution is -2.29. The van der Waals surface area contributed by atoms with Crippen LogP contribution in [0.15, 0.2) is 45.6 Å². The van der Waals surface area contributed by atoms with Gasteiger partial charge in [-0.3, -0.25) is 4.79 Å². The molecule has 29 heavy (non-hydrogen) atoms. The van der Waals surface area contributed by atoms with Gasteiger partial charge >= 0.3 is 18.1 Å². The number of pyridine rings is 1. The number of carbonyl (C=O) groups excluding carboxylic acids is 1. The minimum Gasteiger partial charge on any atom is -0.459 e. The molecule has 0 spiro atoms. The van der Waals surface area contributed by atoms with Gasteiger partial charge in [0, 0.05) is 5.56 Å². The first-order valence-electron chi connectivity index (χ1n) is 8.50. The van der Waals surface area contributed by atoms with Gasteiger partial charge in [-0.1, -0.05) is 0 Å². The van der Waals surface area contributed by atoms with E-state index < -0.39 is 30.2 Å². The van der Waals surface area contributed by atoms with Crippen LogP contribution in [-0.2, 0) is 16.1 Å². The SMILES string of the molecule is CC(C)(C)OC(=O)Cn1c(=O)oc2ccc(-c3ccc(OC(F)(F)F)cc3)nc21. The number of halogens is 3. The molecule has 0 N–H and O–H groups in total. The third-order valence-electron chi connectivity index (χ3n) is 3.60. The Morgan fingerprint density at radius 2 is 1.76 bits per heavy atom. The number of oxazole rings is 1. The van der Waals surface area contributed by atoms with Gasteiger partial charge in [0.05, 0.1) is 5.69 Å². The van der Waals surface area contributed by atoms with Crippen LogP contribution in [0, 0.1) is 0 Å². The maximum Gasteiger partial charge on any atom is 0.573 e. The van der Waals surface area contributed by atoms with Crippen molar-refractivity contribution in [2.45, 2.75) is 39.3 Å². The van der Waals surface area contributed by atoms with Gasteiger partial charge in [-0.2, -0.15) is 0 Å². The second-order valence-electron chi connectivity index (χ2n) is 7.13. The van der Waals surface area contributed by atoms with Crippen molar-refractivity contribution in [2.75, 3.05) is 0 Å². The summed E-state index contributed by atoms with van der Waals surface area (Å²) in [5.74, 6) is -1.78. The quantitative estimate of drug-likeness (QED) is 0.607. The molecule has 0 aliphatic carbocycles. The Morgan fingerprint density at radius 1 is 1.10 bits per heavy atom. The summed E-state index contributed by atoms with van der Waals surface area (Å²) in [5, 5.41) is 0. The Kier molecular flexibility index (Phi) is 5.12. The lowest BCUT2D eigenvalue weighted by atomic mass is 10.1. The zero-order chi connectivity index (χ0) is 21.4. The highest BCUT2D eigenvalue weighted by atomic mass is 19.4. The van der Waals surface area contributed by atoms with Crippen LogP contribution in [0.3, 0.4) is 0 Å². The third kappa shape index (κ3) is 5.15. The molecule has 3 rings (SSSR count). The molecule has 0 bridgehead atoms. The lowest BCUT2D eigenvalue weighted by molar-refractivity contribution is -0.274. The van der Waals surface area contributed by atoms with Gasteiger partial charge in [-0.25, -0.2) is 14.3 Å². The molecule has 0 amide bonds. The van der Waals surface area contributed by atoms with E-state index in [0.29, 0.717) is 11.3 Å². The average Bonchev–Trinajstić information content (AvgIpc) is 2.87. The van der Waals surface area contributed by atoms with Crippen molar-refractivity contribution in [2.24, 2.45) is 0 Å². The number of fused-ring (bicyclic) bond motifs is 1. The number of rotatable bonds is 4. The van der Waals surface area contributed by atoms with Crippen LogP contribution in [-0.4, -0.2) is 27.5 Å². The summed E-state index contributed by atoms with van der Waals surface area (Å²) < 4.78 is 52.0. The van der Waals surface area contributed by atoms with Gasteiger partial charge in [0.1, 0.15) is 17.9 Å². The van der Waals surface area contributed by atoms with E-state index in [0.717, 1.165) is 16.7 Å². The fraction of sp³-hybridized carbons (Fsp3) is 0.316. The van der Waals surface area contributed by atoms with E-state index in [1.165, 1.54) is 18.2 Å². The van der Waals surface area contributed by atoms with Crippen molar-refractivity contribution in [1.82, 2.24) is 9.55 Å². The second kappa shape index (κ2) is 7.26. The highest BCUT2D eigenvalue weighted by molar-refractivity contribution is 5.76. The number of benzene rings is 1. The van der Waals surface area contributed by atoms with Gasteiger partial charge in [-0.05, 0) is 57.2 Å². The maximum atomic E-state index is 12.3. The standard InChI is InChI=1S/C19H17F3N2O5/c1-18(2,3)29-15(25)10-24-16-14(27-17(24)26)9-8-13(23-16)11-4-6-12(7-5-11)28-19(20,21)22/h4-9H,10H2,1-3H3. The molecular weight excluding hydrogens is 393 g/mol. The molecule has 7 nitrogen and oxygen atoms in total. The topological polar surface area (TPSA) is 83.6 Å². The summed E-state index contributed by atoms with van der Waals surface area (Å²) in [5.41, 5.74) is 0.418. The Balaban J connectivity index is 1.91. The van der Waals surface area contributed by atoms with Gasteiger partial charge in [-0.15, -0.1) is 13.2 Å². The van der Waals surface area contributed by atoms with E-state index in [1.54, 1.807) is 26.8 Å². The molecule has 0 aliphatic heterocycles. The molecule has 0 aliphatic rings. The van der Waals surface area contributed by atoms with E-state index in [1.807, 2.05) is 0 Å². The summed E-state index contributed by atoms with van der Waals surface area (Å²) in [6.45, 7) is 4.70. The summed E-state index contributed by atoms with van der Waals surface area (Å²) in [4.78, 5) is 28.5. The molecule has 0 fully saturated rings.